The molecule has 0 bridgehead atoms. The molecular formula is C10H14O3. The van der Waals surface area contributed by atoms with E-state index in [4.69, 9.17) is 4.74 Å². The lowest BCUT2D eigenvalue weighted by atomic mass is 9.78. The van der Waals surface area contributed by atoms with Crippen molar-refractivity contribution in [3.8, 4) is 0 Å². The molecule has 3 nitrogen and oxygen atoms in total. The fourth-order valence-corrected chi connectivity index (χ4v) is 1.45. The van der Waals surface area contributed by atoms with E-state index in [9.17, 15) is 9.59 Å². The minimum Gasteiger partial charge on any atom is -0.457 e. The van der Waals surface area contributed by atoms with Crippen LogP contribution in [-0.4, -0.2) is 18.4 Å². The predicted molar refractivity (Wildman–Crippen MR) is 48.1 cm³/mol. The molecule has 3 heteroatoms. The molecule has 0 saturated carbocycles. The average Bonchev–Trinajstić information content (AvgIpc) is 2.09. The van der Waals surface area contributed by atoms with Crippen LogP contribution >= 0.6 is 0 Å². The summed E-state index contributed by atoms with van der Waals surface area (Å²) in [6, 6.07) is 0. The van der Waals surface area contributed by atoms with Gasteiger partial charge in [0.15, 0.2) is 0 Å². The standard InChI is InChI=1S/C10H14O3/c1-8(12)13-9-5-3-4-6-10(9,2)7-11/h3,5,7,9H,4,6H2,1-2H3/t9-,10-/m0/s1. The van der Waals surface area contributed by atoms with E-state index >= 15 is 0 Å². The zero-order chi connectivity index (χ0) is 9.90. The predicted octanol–water partition coefficient (Wildman–Crippen LogP) is 1.47. The number of hydrogen-bond donors (Lipinski definition) is 0. The molecule has 1 aliphatic rings. The normalized spacial score (nSPS) is 32.6. The topological polar surface area (TPSA) is 43.4 Å². The molecule has 1 aliphatic carbocycles. The van der Waals surface area contributed by atoms with Crippen LogP contribution in [0.5, 0.6) is 0 Å². The molecule has 0 heterocycles. The molecule has 0 aromatic heterocycles. The third-order valence-corrected chi connectivity index (χ3v) is 2.37. The lowest BCUT2D eigenvalue weighted by Crippen LogP contribution is -2.37. The third-order valence-electron chi connectivity index (χ3n) is 2.37. The first-order chi connectivity index (χ1) is 6.08. The van der Waals surface area contributed by atoms with Crippen LogP contribution in [-0.2, 0) is 14.3 Å². The first-order valence-electron chi connectivity index (χ1n) is 4.39. The number of hydrogen-bond acceptors (Lipinski definition) is 3. The van der Waals surface area contributed by atoms with Crippen molar-refractivity contribution in [2.75, 3.05) is 0 Å². The molecular weight excluding hydrogens is 168 g/mol. The van der Waals surface area contributed by atoms with Gasteiger partial charge in [0.25, 0.3) is 0 Å². The molecule has 0 radical (unpaired) electrons. The summed E-state index contributed by atoms with van der Waals surface area (Å²) in [6.45, 7) is 3.17. The Morgan fingerprint density at radius 3 is 2.92 bits per heavy atom. The summed E-state index contributed by atoms with van der Waals surface area (Å²) in [5.41, 5.74) is -0.541. The lowest BCUT2D eigenvalue weighted by Gasteiger charge is -2.32. The molecule has 0 aromatic rings. The Bertz CT molecular complexity index is 245. The van der Waals surface area contributed by atoms with Crippen LogP contribution in [0.3, 0.4) is 0 Å². The molecule has 0 fully saturated rings. The van der Waals surface area contributed by atoms with Gasteiger partial charge < -0.3 is 9.53 Å². The minimum atomic E-state index is -0.541. The van der Waals surface area contributed by atoms with Crippen molar-refractivity contribution in [1.82, 2.24) is 0 Å². The fraction of sp³-hybridized carbons (Fsp3) is 0.600. The SMILES string of the molecule is CC(=O)O[C@H]1C=CCC[C@@]1(C)C=O. The van der Waals surface area contributed by atoms with E-state index in [1.165, 1.54) is 6.92 Å². The van der Waals surface area contributed by atoms with Gasteiger partial charge in [-0.1, -0.05) is 6.08 Å². The van der Waals surface area contributed by atoms with Crippen molar-refractivity contribution in [3.63, 3.8) is 0 Å². The summed E-state index contributed by atoms with van der Waals surface area (Å²) in [6.07, 6.45) is 5.83. The Hall–Kier alpha value is -1.12. The molecule has 0 amide bonds. The van der Waals surface area contributed by atoms with Crippen molar-refractivity contribution >= 4 is 12.3 Å². The molecule has 0 spiro atoms. The molecule has 13 heavy (non-hydrogen) atoms. The zero-order valence-corrected chi connectivity index (χ0v) is 7.95. The highest BCUT2D eigenvalue weighted by Gasteiger charge is 2.36. The van der Waals surface area contributed by atoms with Crippen molar-refractivity contribution in [2.45, 2.75) is 32.8 Å². The van der Waals surface area contributed by atoms with Crippen molar-refractivity contribution in [3.05, 3.63) is 12.2 Å². The van der Waals surface area contributed by atoms with Gasteiger partial charge in [0.2, 0.25) is 0 Å². The maximum absolute atomic E-state index is 10.8. The average molecular weight is 182 g/mol. The van der Waals surface area contributed by atoms with Crippen LogP contribution in [0.25, 0.3) is 0 Å². The van der Waals surface area contributed by atoms with Crippen LogP contribution in [0.4, 0.5) is 0 Å². The quantitative estimate of drug-likeness (QED) is 0.369. The van der Waals surface area contributed by atoms with Crippen molar-refractivity contribution < 1.29 is 14.3 Å². The molecule has 2 atom stereocenters. The van der Waals surface area contributed by atoms with Crippen molar-refractivity contribution in [2.24, 2.45) is 5.41 Å². The van der Waals surface area contributed by atoms with Gasteiger partial charge in [0, 0.05) is 6.92 Å². The zero-order valence-electron chi connectivity index (χ0n) is 7.95. The van der Waals surface area contributed by atoms with E-state index in [2.05, 4.69) is 0 Å². The molecule has 0 N–H and O–H groups in total. The van der Waals surface area contributed by atoms with E-state index < -0.39 is 11.5 Å². The van der Waals surface area contributed by atoms with Gasteiger partial charge in [0.1, 0.15) is 12.4 Å². The molecule has 1 rings (SSSR count). The maximum Gasteiger partial charge on any atom is 0.303 e. The van der Waals surface area contributed by atoms with Gasteiger partial charge in [-0.05, 0) is 25.8 Å². The van der Waals surface area contributed by atoms with Gasteiger partial charge in [0.05, 0.1) is 5.41 Å². The van der Waals surface area contributed by atoms with E-state index in [1.54, 1.807) is 6.08 Å². The highest BCUT2D eigenvalue weighted by molar-refractivity contribution is 5.68. The van der Waals surface area contributed by atoms with Crippen LogP contribution in [0.15, 0.2) is 12.2 Å². The molecule has 72 valence electrons. The highest BCUT2D eigenvalue weighted by Crippen LogP contribution is 2.32. The Morgan fingerprint density at radius 1 is 1.69 bits per heavy atom. The number of allylic oxidation sites excluding steroid dienone is 1. The Labute approximate surface area is 77.8 Å². The van der Waals surface area contributed by atoms with Gasteiger partial charge in [-0.15, -0.1) is 0 Å². The Morgan fingerprint density at radius 2 is 2.38 bits per heavy atom. The number of carbonyl (C=O) groups excluding carboxylic acids is 2. The molecule has 0 aliphatic heterocycles. The summed E-state index contributed by atoms with van der Waals surface area (Å²) in [5.74, 6) is -0.343. The second kappa shape index (κ2) is 3.73. The minimum absolute atomic E-state index is 0.343. The third kappa shape index (κ3) is 2.17. The van der Waals surface area contributed by atoms with Crippen LogP contribution < -0.4 is 0 Å². The summed E-state index contributed by atoms with van der Waals surface area (Å²) >= 11 is 0. The van der Waals surface area contributed by atoms with Crippen LogP contribution in [0.1, 0.15) is 26.7 Å². The van der Waals surface area contributed by atoms with Crippen molar-refractivity contribution in [1.29, 1.82) is 0 Å². The van der Waals surface area contributed by atoms with E-state index in [1.807, 2.05) is 13.0 Å². The van der Waals surface area contributed by atoms with Gasteiger partial charge in [-0.2, -0.15) is 0 Å². The second-order valence-corrected chi connectivity index (χ2v) is 3.62. The molecule has 0 aromatic carbocycles. The van der Waals surface area contributed by atoms with Gasteiger partial charge in [-0.25, -0.2) is 0 Å². The van der Waals surface area contributed by atoms with E-state index in [-0.39, 0.29) is 5.97 Å². The van der Waals surface area contributed by atoms with E-state index in [0.29, 0.717) is 0 Å². The first kappa shape index (κ1) is 9.96. The summed E-state index contributed by atoms with van der Waals surface area (Å²) in [4.78, 5) is 21.6. The molecule has 0 saturated heterocycles. The number of ether oxygens (including phenoxy) is 1. The van der Waals surface area contributed by atoms with Gasteiger partial charge in [-0.3, -0.25) is 4.79 Å². The smallest absolute Gasteiger partial charge is 0.303 e. The monoisotopic (exact) mass is 182 g/mol. The Kier molecular flexibility index (Phi) is 2.86. The number of aldehydes is 1. The summed E-state index contributed by atoms with van der Waals surface area (Å²) in [5, 5.41) is 0. The van der Waals surface area contributed by atoms with Crippen LogP contribution in [0.2, 0.25) is 0 Å². The van der Waals surface area contributed by atoms with E-state index in [0.717, 1.165) is 19.1 Å². The highest BCUT2D eigenvalue weighted by atomic mass is 16.5. The Balaban J connectivity index is 2.77. The first-order valence-corrected chi connectivity index (χ1v) is 4.39. The number of rotatable bonds is 2. The van der Waals surface area contributed by atoms with Gasteiger partial charge >= 0.3 is 5.97 Å². The summed E-state index contributed by atoms with van der Waals surface area (Å²) < 4.78 is 5.04. The maximum atomic E-state index is 10.8. The lowest BCUT2D eigenvalue weighted by molar-refractivity contribution is -0.151. The molecule has 0 unspecified atom stereocenters. The van der Waals surface area contributed by atoms with Crippen LogP contribution in [0, 0.1) is 5.41 Å². The number of esters is 1. The largest absolute Gasteiger partial charge is 0.457 e. The second-order valence-electron chi connectivity index (χ2n) is 3.62. The number of carbonyl (C=O) groups is 2. The fourth-order valence-electron chi connectivity index (χ4n) is 1.45. The summed E-state index contributed by atoms with van der Waals surface area (Å²) in [7, 11) is 0.